The van der Waals surface area contributed by atoms with Crippen LogP contribution >= 0.6 is 0 Å². The number of carbonyl (C=O) groups is 2. The largest absolute Gasteiger partial charge is 0.357 e. The highest BCUT2D eigenvalue weighted by Crippen LogP contribution is 2.18. The zero-order valence-corrected chi connectivity index (χ0v) is 10.8. The summed E-state index contributed by atoms with van der Waals surface area (Å²) in [6, 6.07) is -0.254. The molecule has 0 spiro atoms. The van der Waals surface area contributed by atoms with E-state index in [1.165, 1.54) is 0 Å². The molecule has 1 atom stereocenters. The summed E-state index contributed by atoms with van der Waals surface area (Å²) in [4.78, 5) is 25.5. The molecule has 0 bridgehead atoms. The van der Waals surface area contributed by atoms with E-state index >= 15 is 0 Å². The van der Waals surface area contributed by atoms with E-state index in [1.807, 2.05) is 7.05 Å². The molecule has 1 rings (SSSR count). The summed E-state index contributed by atoms with van der Waals surface area (Å²) in [6.07, 6.45) is 4.17. The molecule has 0 aromatic carbocycles. The van der Waals surface area contributed by atoms with Crippen LogP contribution in [0.25, 0.3) is 0 Å². The second-order valence-corrected chi connectivity index (χ2v) is 4.42. The number of rotatable bonds is 5. The molecule has 5 heteroatoms. The Hall–Kier alpha value is -1.10. The highest BCUT2D eigenvalue weighted by Gasteiger charge is 2.30. The summed E-state index contributed by atoms with van der Waals surface area (Å²) in [6.45, 7) is 1.56. The third-order valence-corrected chi connectivity index (χ3v) is 3.19. The maximum Gasteiger partial charge on any atom is 0.242 e. The van der Waals surface area contributed by atoms with Crippen LogP contribution < -0.4 is 10.6 Å². The van der Waals surface area contributed by atoms with Crippen LogP contribution in [0, 0.1) is 0 Å². The number of nitrogens with one attached hydrogen (secondary N) is 2. The van der Waals surface area contributed by atoms with Crippen LogP contribution in [0.5, 0.6) is 0 Å². The molecule has 1 unspecified atom stereocenters. The SMILES string of the molecule is CNCCCC(=O)N1CCCCC1C(=O)NC. The molecular formula is C12H23N3O2. The van der Waals surface area contributed by atoms with E-state index in [4.69, 9.17) is 0 Å². The minimum absolute atomic E-state index is 0.0355. The summed E-state index contributed by atoms with van der Waals surface area (Å²) < 4.78 is 0. The second kappa shape index (κ2) is 7.27. The second-order valence-electron chi connectivity index (χ2n) is 4.42. The van der Waals surface area contributed by atoms with Gasteiger partial charge in [0.05, 0.1) is 0 Å². The topological polar surface area (TPSA) is 61.4 Å². The molecule has 17 heavy (non-hydrogen) atoms. The summed E-state index contributed by atoms with van der Waals surface area (Å²) in [5.41, 5.74) is 0. The molecule has 0 aromatic heterocycles. The van der Waals surface area contributed by atoms with Crippen LogP contribution in [0.4, 0.5) is 0 Å². The average Bonchev–Trinajstić information content (AvgIpc) is 2.38. The molecule has 2 amide bonds. The lowest BCUT2D eigenvalue weighted by Crippen LogP contribution is -2.51. The van der Waals surface area contributed by atoms with Gasteiger partial charge in [0.25, 0.3) is 0 Å². The summed E-state index contributed by atoms with van der Waals surface area (Å²) in [5.74, 6) is 0.0696. The maximum atomic E-state index is 12.0. The Bertz CT molecular complexity index is 268. The third-order valence-electron chi connectivity index (χ3n) is 3.19. The Morgan fingerprint density at radius 1 is 1.29 bits per heavy atom. The van der Waals surface area contributed by atoms with Crippen molar-refractivity contribution in [3.63, 3.8) is 0 Å². The van der Waals surface area contributed by atoms with Crippen LogP contribution in [0.3, 0.4) is 0 Å². The fraction of sp³-hybridized carbons (Fsp3) is 0.833. The van der Waals surface area contributed by atoms with E-state index in [0.29, 0.717) is 6.42 Å². The van der Waals surface area contributed by atoms with E-state index < -0.39 is 0 Å². The van der Waals surface area contributed by atoms with E-state index in [-0.39, 0.29) is 17.9 Å². The Kier molecular flexibility index (Phi) is 5.97. The van der Waals surface area contributed by atoms with Crippen molar-refractivity contribution in [3.8, 4) is 0 Å². The molecule has 98 valence electrons. The van der Waals surface area contributed by atoms with Crippen LogP contribution in [-0.2, 0) is 9.59 Å². The van der Waals surface area contributed by atoms with Crippen LogP contribution in [0.15, 0.2) is 0 Å². The van der Waals surface area contributed by atoms with Gasteiger partial charge in [-0.15, -0.1) is 0 Å². The lowest BCUT2D eigenvalue weighted by molar-refractivity contribution is -0.142. The van der Waals surface area contributed by atoms with Gasteiger partial charge in [0, 0.05) is 20.0 Å². The van der Waals surface area contributed by atoms with Gasteiger partial charge >= 0.3 is 0 Å². The van der Waals surface area contributed by atoms with Crippen molar-refractivity contribution in [1.29, 1.82) is 0 Å². The molecule has 1 heterocycles. The van der Waals surface area contributed by atoms with Gasteiger partial charge in [-0.3, -0.25) is 9.59 Å². The fourth-order valence-electron chi connectivity index (χ4n) is 2.23. The standard InChI is InChI=1S/C12H23N3O2/c1-13-8-5-7-11(16)15-9-4-3-6-10(15)12(17)14-2/h10,13H,3-9H2,1-2H3,(H,14,17). The van der Waals surface area contributed by atoms with Crippen LogP contribution in [0.1, 0.15) is 32.1 Å². The number of piperidine rings is 1. The average molecular weight is 241 g/mol. The first kappa shape index (κ1) is 14.0. The van der Waals surface area contributed by atoms with Gasteiger partial charge < -0.3 is 15.5 Å². The van der Waals surface area contributed by atoms with Crippen LogP contribution in [-0.4, -0.2) is 49.9 Å². The lowest BCUT2D eigenvalue weighted by Gasteiger charge is -2.34. The fourth-order valence-corrected chi connectivity index (χ4v) is 2.23. The highest BCUT2D eigenvalue weighted by atomic mass is 16.2. The van der Waals surface area contributed by atoms with Gasteiger partial charge in [-0.1, -0.05) is 0 Å². The number of likely N-dealkylation sites (N-methyl/N-ethyl adjacent to an activating group) is 1. The summed E-state index contributed by atoms with van der Waals surface area (Å²) in [5, 5.41) is 5.66. The van der Waals surface area contributed by atoms with Gasteiger partial charge in [-0.2, -0.15) is 0 Å². The smallest absolute Gasteiger partial charge is 0.242 e. The van der Waals surface area contributed by atoms with Crippen LogP contribution in [0.2, 0.25) is 0 Å². The number of carbonyl (C=O) groups excluding carboxylic acids is 2. The number of hydrogen-bond acceptors (Lipinski definition) is 3. The lowest BCUT2D eigenvalue weighted by atomic mass is 10.0. The van der Waals surface area contributed by atoms with Gasteiger partial charge in [-0.05, 0) is 39.3 Å². The van der Waals surface area contributed by atoms with Gasteiger partial charge in [0.1, 0.15) is 6.04 Å². The highest BCUT2D eigenvalue weighted by molar-refractivity contribution is 5.87. The molecule has 1 fully saturated rings. The van der Waals surface area contributed by atoms with Crippen molar-refractivity contribution in [2.75, 3.05) is 27.2 Å². The normalized spacial score (nSPS) is 20.1. The van der Waals surface area contributed by atoms with E-state index in [2.05, 4.69) is 10.6 Å². The van der Waals surface area contributed by atoms with E-state index in [9.17, 15) is 9.59 Å². The van der Waals surface area contributed by atoms with Crippen molar-refractivity contribution >= 4 is 11.8 Å². The number of amides is 2. The minimum atomic E-state index is -0.254. The summed E-state index contributed by atoms with van der Waals surface area (Å²) >= 11 is 0. The molecule has 0 saturated carbocycles. The third kappa shape index (κ3) is 4.00. The van der Waals surface area contributed by atoms with Crippen molar-refractivity contribution in [2.24, 2.45) is 0 Å². The predicted octanol–water partition coefficient (Wildman–Crippen LogP) is 0.113. The first-order chi connectivity index (χ1) is 8.20. The predicted molar refractivity (Wildman–Crippen MR) is 66.6 cm³/mol. The monoisotopic (exact) mass is 241 g/mol. The van der Waals surface area contributed by atoms with Crippen molar-refractivity contribution in [1.82, 2.24) is 15.5 Å². The Balaban J connectivity index is 2.52. The first-order valence-corrected chi connectivity index (χ1v) is 6.36. The summed E-state index contributed by atoms with van der Waals surface area (Å²) in [7, 11) is 3.50. The number of nitrogens with zero attached hydrogens (tertiary/aromatic N) is 1. The van der Waals surface area contributed by atoms with Crippen molar-refractivity contribution < 1.29 is 9.59 Å². The minimum Gasteiger partial charge on any atom is -0.357 e. The van der Waals surface area contributed by atoms with Gasteiger partial charge in [0.15, 0.2) is 0 Å². The molecule has 0 aromatic rings. The van der Waals surface area contributed by atoms with Gasteiger partial charge in [-0.25, -0.2) is 0 Å². The van der Waals surface area contributed by atoms with E-state index in [0.717, 1.165) is 38.8 Å². The number of likely N-dealkylation sites (tertiary alicyclic amines) is 1. The number of hydrogen-bond donors (Lipinski definition) is 2. The van der Waals surface area contributed by atoms with Crippen molar-refractivity contribution in [2.45, 2.75) is 38.1 Å². The Labute approximate surface area is 103 Å². The molecule has 1 saturated heterocycles. The molecule has 0 radical (unpaired) electrons. The molecule has 1 aliphatic rings. The zero-order chi connectivity index (χ0) is 12.7. The quantitative estimate of drug-likeness (QED) is 0.672. The molecule has 0 aliphatic carbocycles. The molecular weight excluding hydrogens is 218 g/mol. The Morgan fingerprint density at radius 2 is 2.06 bits per heavy atom. The maximum absolute atomic E-state index is 12.0. The first-order valence-electron chi connectivity index (χ1n) is 6.36. The van der Waals surface area contributed by atoms with Gasteiger partial charge in [0.2, 0.25) is 11.8 Å². The zero-order valence-electron chi connectivity index (χ0n) is 10.8. The molecule has 2 N–H and O–H groups in total. The van der Waals surface area contributed by atoms with E-state index in [1.54, 1.807) is 11.9 Å². The molecule has 5 nitrogen and oxygen atoms in total. The molecule has 1 aliphatic heterocycles. The van der Waals surface area contributed by atoms with Crippen molar-refractivity contribution in [3.05, 3.63) is 0 Å². The Morgan fingerprint density at radius 3 is 2.71 bits per heavy atom.